The number of hydrogen-bond acceptors (Lipinski definition) is 4. The van der Waals surface area contributed by atoms with E-state index in [-0.39, 0.29) is 17.6 Å². The molecule has 0 aliphatic heterocycles. The highest BCUT2D eigenvalue weighted by Gasteiger charge is 2.19. The number of ether oxygens (including phenoxy) is 1. The molecule has 0 heterocycles. The van der Waals surface area contributed by atoms with Gasteiger partial charge in [0.2, 0.25) is 5.91 Å². The smallest absolute Gasteiger partial charge is 0.223 e. The van der Waals surface area contributed by atoms with Crippen LogP contribution in [0.2, 0.25) is 0 Å². The Balaban J connectivity index is 4.01. The monoisotopic (exact) mass is 258 g/mol. The van der Waals surface area contributed by atoms with Crippen LogP contribution in [0.5, 0.6) is 0 Å². The third-order valence-electron chi connectivity index (χ3n) is 2.71. The van der Waals surface area contributed by atoms with Crippen LogP contribution < -0.4 is 10.6 Å². The number of amides is 1. The van der Waals surface area contributed by atoms with Gasteiger partial charge in [-0.3, -0.25) is 4.79 Å². The van der Waals surface area contributed by atoms with Gasteiger partial charge in [-0.15, -0.1) is 0 Å². The van der Waals surface area contributed by atoms with Crippen LogP contribution in [-0.2, 0) is 14.3 Å². The molecule has 0 aromatic heterocycles. The molecule has 1 atom stereocenters. The van der Waals surface area contributed by atoms with Crippen LogP contribution in [0.3, 0.4) is 0 Å². The van der Waals surface area contributed by atoms with Crippen molar-refractivity contribution >= 4 is 11.7 Å². The highest BCUT2D eigenvalue weighted by Crippen LogP contribution is 2.12. The third-order valence-corrected chi connectivity index (χ3v) is 2.71. The van der Waals surface area contributed by atoms with Gasteiger partial charge in [0.1, 0.15) is 5.78 Å². The fourth-order valence-electron chi connectivity index (χ4n) is 1.77. The molecule has 5 heteroatoms. The summed E-state index contributed by atoms with van der Waals surface area (Å²) in [6.45, 7) is 3.64. The first-order chi connectivity index (χ1) is 8.61. The number of ketones is 1. The van der Waals surface area contributed by atoms with Crippen molar-refractivity contribution in [3.63, 3.8) is 0 Å². The average molecular weight is 258 g/mol. The van der Waals surface area contributed by atoms with E-state index >= 15 is 0 Å². The molecule has 0 unspecified atom stereocenters. The minimum atomic E-state index is -0.196. The van der Waals surface area contributed by atoms with E-state index in [0.29, 0.717) is 19.6 Å². The van der Waals surface area contributed by atoms with Crippen LogP contribution in [-0.4, -0.2) is 45.5 Å². The van der Waals surface area contributed by atoms with Crippen molar-refractivity contribution in [2.75, 3.05) is 33.9 Å². The molecule has 18 heavy (non-hydrogen) atoms. The quantitative estimate of drug-likeness (QED) is 0.536. The third kappa shape index (κ3) is 9.13. The molecular weight excluding hydrogens is 232 g/mol. The minimum absolute atomic E-state index is 0.0163. The fourth-order valence-corrected chi connectivity index (χ4v) is 1.77. The van der Waals surface area contributed by atoms with Gasteiger partial charge in [-0.1, -0.05) is 0 Å². The number of carbonyl (C=O) groups is 2. The number of rotatable bonds is 11. The van der Waals surface area contributed by atoms with Gasteiger partial charge in [0.15, 0.2) is 0 Å². The maximum atomic E-state index is 11.9. The molecule has 0 aromatic rings. The van der Waals surface area contributed by atoms with Gasteiger partial charge >= 0.3 is 0 Å². The van der Waals surface area contributed by atoms with Gasteiger partial charge < -0.3 is 20.2 Å². The highest BCUT2D eigenvalue weighted by molar-refractivity contribution is 5.85. The molecule has 0 radical (unpaired) electrons. The first-order valence-electron chi connectivity index (χ1n) is 6.52. The Morgan fingerprint density at radius 3 is 2.50 bits per heavy atom. The van der Waals surface area contributed by atoms with E-state index in [1.807, 2.05) is 7.05 Å². The molecule has 0 saturated heterocycles. The summed E-state index contributed by atoms with van der Waals surface area (Å²) in [5.41, 5.74) is 0. The lowest BCUT2D eigenvalue weighted by atomic mass is 9.96. The lowest BCUT2D eigenvalue weighted by molar-refractivity contribution is -0.129. The predicted molar refractivity (Wildman–Crippen MR) is 71.5 cm³/mol. The van der Waals surface area contributed by atoms with Crippen LogP contribution in [0.25, 0.3) is 0 Å². The van der Waals surface area contributed by atoms with E-state index in [1.54, 1.807) is 7.11 Å². The van der Waals surface area contributed by atoms with Crippen molar-refractivity contribution in [1.82, 2.24) is 10.6 Å². The number of methoxy groups -OCH3 is 1. The number of nitrogens with one attached hydrogen (secondary N) is 2. The maximum absolute atomic E-state index is 11.9. The molecule has 5 nitrogen and oxygen atoms in total. The lowest BCUT2D eigenvalue weighted by Gasteiger charge is -2.15. The molecule has 0 rings (SSSR count). The summed E-state index contributed by atoms with van der Waals surface area (Å²) in [7, 11) is 3.52. The van der Waals surface area contributed by atoms with Gasteiger partial charge in [0.05, 0.1) is 0 Å². The van der Waals surface area contributed by atoms with Crippen molar-refractivity contribution < 1.29 is 14.3 Å². The largest absolute Gasteiger partial charge is 0.385 e. The van der Waals surface area contributed by atoms with Gasteiger partial charge in [-0.05, 0) is 39.8 Å². The summed E-state index contributed by atoms with van der Waals surface area (Å²) in [6, 6.07) is 0. The van der Waals surface area contributed by atoms with Crippen molar-refractivity contribution in [2.24, 2.45) is 5.92 Å². The molecule has 0 fully saturated rings. The summed E-state index contributed by atoms with van der Waals surface area (Å²) in [6.07, 6.45) is 2.78. The van der Waals surface area contributed by atoms with Crippen molar-refractivity contribution in [1.29, 1.82) is 0 Å². The summed E-state index contributed by atoms with van der Waals surface area (Å²) < 4.78 is 4.91. The molecule has 0 aliphatic carbocycles. The Hall–Kier alpha value is -0.940. The van der Waals surface area contributed by atoms with E-state index < -0.39 is 0 Å². The molecule has 106 valence electrons. The zero-order valence-corrected chi connectivity index (χ0v) is 11.8. The SMILES string of the molecule is CNCCC[C@H](CC(C)=O)C(=O)NCCCOC. The Morgan fingerprint density at radius 2 is 1.94 bits per heavy atom. The average Bonchev–Trinajstić information content (AvgIpc) is 2.33. The standard InChI is InChI=1S/C13H26N2O3/c1-11(16)10-12(6-4-7-14-2)13(17)15-8-5-9-18-3/h12,14H,4-10H2,1-3H3,(H,15,17)/t12-/m1/s1. The second-order valence-electron chi connectivity index (χ2n) is 4.49. The normalized spacial score (nSPS) is 12.2. The summed E-state index contributed by atoms with van der Waals surface area (Å²) in [4.78, 5) is 23.1. The van der Waals surface area contributed by atoms with Gasteiger partial charge in [0.25, 0.3) is 0 Å². The molecular formula is C13H26N2O3. The van der Waals surface area contributed by atoms with Crippen LogP contribution in [0, 0.1) is 5.92 Å². The predicted octanol–water partition coefficient (Wildman–Crippen LogP) is 0.734. The number of carbonyl (C=O) groups excluding carboxylic acids is 2. The summed E-state index contributed by atoms with van der Waals surface area (Å²) in [5.74, 6) is -0.146. The van der Waals surface area contributed by atoms with E-state index in [2.05, 4.69) is 10.6 Å². The van der Waals surface area contributed by atoms with Gasteiger partial charge in [0, 0.05) is 32.6 Å². The zero-order valence-electron chi connectivity index (χ0n) is 11.8. The molecule has 0 aromatic carbocycles. The second-order valence-corrected chi connectivity index (χ2v) is 4.49. The minimum Gasteiger partial charge on any atom is -0.385 e. The second kappa shape index (κ2) is 11.2. The topological polar surface area (TPSA) is 67.4 Å². The molecule has 0 saturated carbocycles. The molecule has 1 amide bonds. The van der Waals surface area contributed by atoms with Crippen LogP contribution in [0.1, 0.15) is 32.6 Å². The first-order valence-corrected chi connectivity index (χ1v) is 6.52. The fraction of sp³-hybridized carbons (Fsp3) is 0.846. The zero-order chi connectivity index (χ0) is 13.8. The van der Waals surface area contributed by atoms with E-state index in [9.17, 15) is 9.59 Å². The maximum Gasteiger partial charge on any atom is 0.223 e. The lowest BCUT2D eigenvalue weighted by Crippen LogP contribution is -2.33. The van der Waals surface area contributed by atoms with Crippen LogP contribution in [0.4, 0.5) is 0 Å². The molecule has 0 bridgehead atoms. The number of Topliss-reactive ketones (excluding diaryl/α,β-unsaturated/α-hetero) is 1. The Bertz CT molecular complexity index is 244. The Labute approximate surface area is 110 Å². The van der Waals surface area contributed by atoms with Gasteiger partial charge in [-0.2, -0.15) is 0 Å². The van der Waals surface area contributed by atoms with Crippen molar-refractivity contribution in [3.05, 3.63) is 0 Å². The van der Waals surface area contributed by atoms with Gasteiger partial charge in [-0.25, -0.2) is 0 Å². The van der Waals surface area contributed by atoms with E-state index in [1.165, 1.54) is 6.92 Å². The summed E-state index contributed by atoms with van der Waals surface area (Å²) in [5, 5.41) is 5.90. The van der Waals surface area contributed by atoms with Crippen molar-refractivity contribution in [2.45, 2.75) is 32.6 Å². The molecule has 0 spiro atoms. The highest BCUT2D eigenvalue weighted by atomic mass is 16.5. The van der Waals surface area contributed by atoms with E-state index in [0.717, 1.165) is 25.8 Å². The van der Waals surface area contributed by atoms with Crippen molar-refractivity contribution in [3.8, 4) is 0 Å². The Morgan fingerprint density at radius 1 is 1.22 bits per heavy atom. The Kier molecular flexibility index (Phi) is 10.6. The van der Waals surface area contributed by atoms with E-state index in [4.69, 9.17) is 4.74 Å². The molecule has 0 aliphatic rings. The molecule has 2 N–H and O–H groups in total. The van der Waals surface area contributed by atoms with Crippen LogP contribution >= 0.6 is 0 Å². The first kappa shape index (κ1) is 17.1. The van der Waals surface area contributed by atoms with Crippen LogP contribution in [0.15, 0.2) is 0 Å². The summed E-state index contributed by atoms with van der Waals surface area (Å²) >= 11 is 0. The number of hydrogen-bond donors (Lipinski definition) is 2.